The zero-order chi connectivity index (χ0) is 13.6. The topological polar surface area (TPSA) is 66.4 Å². The van der Waals surface area contributed by atoms with Crippen molar-refractivity contribution >= 4 is 11.9 Å². The van der Waals surface area contributed by atoms with Gasteiger partial charge < -0.3 is 10.4 Å². The Morgan fingerprint density at radius 3 is 2.28 bits per heavy atom. The van der Waals surface area contributed by atoms with Crippen LogP contribution < -0.4 is 5.32 Å². The van der Waals surface area contributed by atoms with Gasteiger partial charge in [-0.05, 0) is 24.2 Å². The summed E-state index contributed by atoms with van der Waals surface area (Å²) in [5, 5.41) is 11.9. The molecule has 0 bridgehead atoms. The number of hydrogen-bond acceptors (Lipinski definition) is 2. The van der Waals surface area contributed by atoms with Crippen LogP contribution in [-0.2, 0) is 9.59 Å². The summed E-state index contributed by atoms with van der Waals surface area (Å²) in [4.78, 5) is 22.9. The van der Waals surface area contributed by atoms with Gasteiger partial charge in [-0.15, -0.1) is 0 Å². The van der Waals surface area contributed by atoms with Gasteiger partial charge in [0.05, 0.1) is 6.42 Å². The Labute approximate surface area is 109 Å². The van der Waals surface area contributed by atoms with E-state index in [1.54, 1.807) is 0 Å². The highest BCUT2D eigenvalue weighted by Gasteiger charge is 2.36. The molecule has 0 atom stereocenters. The number of rotatable bonds is 6. The number of hydrogen-bond donors (Lipinski definition) is 2. The molecule has 0 unspecified atom stereocenters. The lowest BCUT2D eigenvalue weighted by molar-refractivity contribution is -0.141. The van der Waals surface area contributed by atoms with E-state index < -0.39 is 5.97 Å². The summed E-state index contributed by atoms with van der Waals surface area (Å²) < 4.78 is 0. The first-order valence-electron chi connectivity index (χ1n) is 6.92. The number of carboxylic acid groups (broad SMARTS) is 1. The molecule has 0 aromatic rings. The van der Waals surface area contributed by atoms with E-state index in [0.29, 0.717) is 18.9 Å². The minimum atomic E-state index is -0.784. The largest absolute Gasteiger partial charge is 0.481 e. The number of aliphatic carboxylic acids is 1. The number of carbonyl (C=O) groups excluding carboxylic acids is 1. The predicted octanol–water partition coefficient (Wildman–Crippen LogP) is 2.57. The van der Waals surface area contributed by atoms with Gasteiger partial charge in [-0.25, -0.2) is 0 Å². The van der Waals surface area contributed by atoms with Crippen LogP contribution in [0.1, 0.15) is 58.8 Å². The molecule has 1 rings (SSSR count). The Morgan fingerprint density at radius 2 is 1.78 bits per heavy atom. The maximum atomic E-state index is 11.9. The van der Waals surface area contributed by atoms with Gasteiger partial charge in [0.25, 0.3) is 0 Å². The van der Waals surface area contributed by atoms with Crippen LogP contribution in [0, 0.1) is 11.3 Å². The zero-order valence-electron chi connectivity index (χ0n) is 11.5. The van der Waals surface area contributed by atoms with Crippen LogP contribution in [0.25, 0.3) is 0 Å². The summed E-state index contributed by atoms with van der Waals surface area (Å²) >= 11 is 0. The van der Waals surface area contributed by atoms with Crippen LogP contribution >= 0.6 is 0 Å². The van der Waals surface area contributed by atoms with Crippen molar-refractivity contribution in [3.8, 4) is 0 Å². The summed E-state index contributed by atoms with van der Waals surface area (Å²) in [6.07, 6.45) is 5.49. The Kier molecular flexibility index (Phi) is 5.63. The van der Waals surface area contributed by atoms with E-state index >= 15 is 0 Å². The Bertz CT molecular complexity index is 293. The molecule has 1 aliphatic carbocycles. The van der Waals surface area contributed by atoms with Gasteiger partial charge in [0.1, 0.15) is 0 Å². The van der Waals surface area contributed by atoms with E-state index in [1.807, 2.05) is 13.8 Å². The first-order valence-corrected chi connectivity index (χ1v) is 6.92. The van der Waals surface area contributed by atoms with Crippen LogP contribution in [0.2, 0.25) is 0 Å². The molecule has 0 heterocycles. The normalized spacial score (nSPS) is 18.6. The molecule has 0 aromatic carbocycles. The fourth-order valence-corrected chi connectivity index (χ4v) is 2.76. The van der Waals surface area contributed by atoms with E-state index in [-0.39, 0.29) is 17.7 Å². The maximum Gasteiger partial charge on any atom is 0.303 e. The molecule has 1 fully saturated rings. The van der Waals surface area contributed by atoms with Crippen molar-refractivity contribution < 1.29 is 14.7 Å². The van der Waals surface area contributed by atoms with Crippen LogP contribution in [0.3, 0.4) is 0 Å². The molecule has 0 aromatic heterocycles. The highest BCUT2D eigenvalue weighted by molar-refractivity contribution is 5.78. The molecule has 4 heteroatoms. The molecule has 0 radical (unpaired) electrons. The van der Waals surface area contributed by atoms with E-state index in [1.165, 1.54) is 0 Å². The van der Waals surface area contributed by atoms with Gasteiger partial charge in [-0.3, -0.25) is 9.59 Å². The van der Waals surface area contributed by atoms with Crippen molar-refractivity contribution in [3.05, 3.63) is 0 Å². The van der Waals surface area contributed by atoms with E-state index in [0.717, 1.165) is 32.1 Å². The minimum absolute atomic E-state index is 0.00634. The molecular weight excluding hydrogens is 230 g/mol. The lowest BCUT2D eigenvalue weighted by Gasteiger charge is -2.35. The van der Waals surface area contributed by atoms with Gasteiger partial charge >= 0.3 is 5.97 Å². The quantitative estimate of drug-likeness (QED) is 0.766. The summed E-state index contributed by atoms with van der Waals surface area (Å²) in [6, 6.07) is 0. The van der Waals surface area contributed by atoms with E-state index in [2.05, 4.69) is 5.32 Å². The molecule has 18 heavy (non-hydrogen) atoms. The number of nitrogens with one attached hydrogen (secondary N) is 1. The zero-order valence-corrected chi connectivity index (χ0v) is 11.5. The van der Waals surface area contributed by atoms with Crippen LogP contribution in [-0.4, -0.2) is 23.5 Å². The van der Waals surface area contributed by atoms with Gasteiger partial charge in [0, 0.05) is 13.0 Å². The molecule has 2 N–H and O–H groups in total. The number of carbonyl (C=O) groups is 2. The first-order chi connectivity index (χ1) is 8.43. The van der Waals surface area contributed by atoms with Crippen molar-refractivity contribution in [2.45, 2.75) is 58.8 Å². The van der Waals surface area contributed by atoms with Crippen molar-refractivity contribution in [1.29, 1.82) is 0 Å². The smallest absolute Gasteiger partial charge is 0.303 e. The Balaban J connectivity index is 2.55. The monoisotopic (exact) mass is 255 g/mol. The third-order valence-electron chi connectivity index (χ3n) is 3.68. The van der Waals surface area contributed by atoms with Crippen LogP contribution in [0.4, 0.5) is 0 Å². The molecule has 0 spiro atoms. The van der Waals surface area contributed by atoms with Crippen LogP contribution in [0.5, 0.6) is 0 Å². The summed E-state index contributed by atoms with van der Waals surface area (Å²) in [6.45, 7) is 4.77. The molecule has 1 amide bonds. The van der Waals surface area contributed by atoms with E-state index in [4.69, 9.17) is 5.11 Å². The molecule has 1 saturated carbocycles. The number of carboxylic acids is 1. The van der Waals surface area contributed by atoms with Gasteiger partial charge in [-0.1, -0.05) is 33.1 Å². The van der Waals surface area contributed by atoms with Crippen molar-refractivity contribution in [1.82, 2.24) is 5.32 Å². The molecule has 4 nitrogen and oxygen atoms in total. The highest BCUT2D eigenvalue weighted by Crippen LogP contribution is 2.42. The third kappa shape index (κ3) is 5.07. The Morgan fingerprint density at radius 1 is 1.17 bits per heavy atom. The molecule has 1 aliphatic rings. The fraction of sp³-hybridized carbons (Fsp3) is 0.857. The average Bonchev–Trinajstić information content (AvgIpc) is 2.26. The Hall–Kier alpha value is -1.06. The summed E-state index contributed by atoms with van der Waals surface area (Å²) in [5.41, 5.74) is -0.300. The fourth-order valence-electron chi connectivity index (χ4n) is 2.76. The standard InChI is InChI=1S/C14H25NO3/c1-11(2)10-15-12(16)8-14(9-13(17)18)6-4-3-5-7-14/h11H,3-10H2,1-2H3,(H,15,16)(H,17,18). The second kappa shape index (κ2) is 6.76. The number of amides is 1. The lowest BCUT2D eigenvalue weighted by atomic mass is 9.69. The van der Waals surface area contributed by atoms with E-state index in [9.17, 15) is 9.59 Å². The highest BCUT2D eigenvalue weighted by atomic mass is 16.4. The lowest BCUT2D eigenvalue weighted by Crippen LogP contribution is -2.36. The molecular formula is C14H25NO3. The summed E-state index contributed by atoms with van der Waals surface area (Å²) in [5.74, 6) is -0.351. The summed E-state index contributed by atoms with van der Waals surface area (Å²) in [7, 11) is 0. The third-order valence-corrected chi connectivity index (χ3v) is 3.68. The first kappa shape index (κ1) is 15.0. The van der Waals surface area contributed by atoms with Crippen LogP contribution in [0.15, 0.2) is 0 Å². The SMILES string of the molecule is CC(C)CNC(=O)CC1(CC(=O)O)CCCCC1. The molecule has 104 valence electrons. The second-order valence-electron chi connectivity index (χ2n) is 6.01. The van der Waals surface area contributed by atoms with Crippen molar-refractivity contribution in [2.24, 2.45) is 11.3 Å². The minimum Gasteiger partial charge on any atom is -0.481 e. The van der Waals surface area contributed by atoms with Gasteiger partial charge in [0.15, 0.2) is 0 Å². The van der Waals surface area contributed by atoms with Gasteiger partial charge in [-0.2, -0.15) is 0 Å². The maximum absolute atomic E-state index is 11.9. The van der Waals surface area contributed by atoms with Gasteiger partial charge in [0.2, 0.25) is 5.91 Å². The van der Waals surface area contributed by atoms with Crippen molar-refractivity contribution in [3.63, 3.8) is 0 Å². The molecule has 0 aliphatic heterocycles. The second-order valence-corrected chi connectivity index (χ2v) is 6.01. The predicted molar refractivity (Wildman–Crippen MR) is 70.2 cm³/mol. The average molecular weight is 255 g/mol. The van der Waals surface area contributed by atoms with Crippen molar-refractivity contribution in [2.75, 3.05) is 6.54 Å². The molecule has 0 saturated heterocycles.